The Labute approximate surface area is 105 Å². The van der Waals surface area contributed by atoms with Crippen LogP contribution in [-0.2, 0) is 0 Å². The summed E-state index contributed by atoms with van der Waals surface area (Å²) < 4.78 is 7.54. The van der Waals surface area contributed by atoms with Gasteiger partial charge in [0.2, 0.25) is 5.89 Å². The van der Waals surface area contributed by atoms with E-state index < -0.39 is 0 Å². The lowest BCUT2D eigenvalue weighted by Gasteiger charge is -2.05. The Kier molecular flexibility index (Phi) is 2.98. The fourth-order valence-electron chi connectivity index (χ4n) is 1.44. The zero-order valence-electron chi connectivity index (χ0n) is 8.34. The average Bonchev–Trinajstić information content (AvgIpc) is 2.49. The van der Waals surface area contributed by atoms with E-state index in [1.165, 1.54) is 0 Å². The molecule has 78 valence electrons. The first kappa shape index (κ1) is 10.9. The monoisotopic (exact) mass is 329 g/mol. The first-order valence-corrected chi connectivity index (χ1v) is 6.05. The Morgan fingerprint density at radius 2 is 1.93 bits per heavy atom. The molecule has 0 atom stereocenters. The van der Waals surface area contributed by atoms with Crippen LogP contribution in [0.4, 0.5) is 0 Å². The second kappa shape index (κ2) is 4.10. The molecule has 0 aliphatic heterocycles. The van der Waals surface area contributed by atoms with Crippen LogP contribution in [0, 0.1) is 13.8 Å². The van der Waals surface area contributed by atoms with E-state index in [0.29, 0.717) is 5.89 Å². The van der Waals surface area contributed by atoms with Crippen molar-refractivity contribution in [3.8, 4) is 11.5 Å². The molecule has 4 heteroatoms. The van der Waals surface area contributed by atoms with Gasteiger partial charge >= 0.3 is 0 Å². The first-order valence-electron chi connectivity index (χ1n) is 4.46. The maximum atomic E-state index is 5.51. The van der Waals surface area contributed by atoms with E-state index in [2.05, 4.69) is 36.8 Å². The molecule has 2 aromatic rings. The van der Waals surface area contributed by atoms with E-state index in [1.807, 2.05) is 26.0 Å². The zero-order valence-corrected chi connectivity index (χ0v) is 11.5. The highest BCUT2D eigenvalue weighted by atomic mass is 79.9. The number of oxazole rings is 1. The maximum Gasteiger partial charge on any atom is 0.227 e. The molecule has 0 unspecified atom stereocenters. The number of nitrogens with zero attached hydrogens (tertiary/aromatic N) is 1. The molecule has 15 heavy (non-hydrogen) atoms. The Bertz CT molecular complexity index is 482. The molecule has 2 rings (SSSR count). The van der Waals surface area contributed by atoms with Crippen LogP contribution in [0.5, 0.6) is 0 Å². The Morgan fingerprint density at radius 3 is 2.47 bits per heavy atom. The Hall–Kier alpha value is -0.610. The minimum atomic E-state index is 0.657. The molecule has 0 aliphatic carbocycles. The van der Waals surface area contributed by atoms with Crippen LogP contribution in [0.3, 0.4) is 0 Å². The van der Waals surface area contributed by atoms with Gasteiger partial charge in [-0.05, 0) is 47.5 Å². The number of hydrogen-bond donors (Lipinski definition) is 0. The fraction of sp³-hybridized carbons (Fsp3) is 0.182. The molecular weight excluding hydrogens is 322 g/mol. The Morgan fingerprint density at radius 1 is 1.20 bits per heavy atom. The van der Waals surface area contributed by atoms with Crippen molar-refractivity contribution in [2.45, 2.75) is 13.8 Å². The van der Waals surface area contributed by atoms with Crippen LogP contribution in [0.2, 0.25) is 0 Å². The third-order valence-corrected chi connectivity index (χ3v) is 3.17. The van der Waals surface area contributed by atoms with Gasteiger partial charge in [-0.3, -0.25) is 0 Å². The van der Waals surface area contributed by atoms with Crippen LogP contribution in [-0.4, -0.2) is 4.98 Å². The van der Waals surface area contributed by atoms with E-state index in [1.54, 1.807) is 6.20 Å². The fourth-order valence-corrected chi connectivity index (χ4v) is 3.05. The van der Waals surface area contributed by atoms with Crippen LogP contribution < -0.4 is 0 Å². The summed E-state index contributed by atoms with van der Waals surface area (Å²) in [5.74, 6) is 1.48. The summed E-state index contributed by atoms with van der Waals surface area (Å²) in [5.41, 5.74) is 2.13. The molecule has 1 aromatic heterocycles. The predicted molar refractivity (Wildman–Crippen MR) is 66.8 cm³/mol. The third kappa shape index (κ3) is 2.16. The number of aryl methyl sites for hydroxylation is 2. The summed E-state index contributed by atoms with van der Waals surface area (Å²) >= 11 is 6.96. The average molecular weight is 331 g/mol. The van der Waals surface area contributed by atoms with Crippen molar-refractivity contribution < 1.29 is 4.42 Å². The van der Waals surface area contributed by atoms with Gasteiger partial charge in [-0.15, -0.1) is 0 Å². The molecule has 0 saturated heterocycles. The standard InChI is InChI=1S/C11H9Br2NO/c1-6-3-8(12)4-9(13)10(6)11-14-5-7(2)15-11/h3-5H,1-2H3. The van der Waals surface area contributed by atoms with Crippen LogP contribution in [0.1, 0.15) is 11.3 Å². The first-order chi connectivity index (χ1) is 7.08. The largest absolute Gasteiger partial charge is 0.441 e. The molecule has 0 aliphatic rings. The number of halogens is 2. The quantitative estimate of drug-likeness (QED) is 0.770. The van der Waals surface area contributed by atoms with Gasteiger partial charge in [0.1, 0.15) is 5.76 Å². The van der Waals surface area contributed by atoms with E-state index in [4.69, 9.17) is 4.42 Å². The van der Waals surface area contributed by atoms with Crippen molar-refractivity contribution in [1.82, 2.24) is 4.98 Å². The molecule has 0 radical (unpaired) electrons. The highest BCUT2D eigenvalue weighted by Gasteiger charge is 2.12. The van der Waals surface area contributed by atoms with Crippen molar-refractivity contribution in [1.29, 1.82) is 0 Å². The molecule has 0 fully saturated rings. The Balaban J connectivity index is 2.62. The minimum Gasteiger partial charge on any atom is -0.441 e. The molecule has 0 amide bonds. The summed E-state index contributed by atoms with van der Waals surface area (Å²) in [4.78, 5) is 4.23. The lowest BCUT2D eigenvalue weighted by Crippen LogP contribution is -1.85. The van der Waals surface area contributed by atoms with Crippen LogP contribution >= 0.6 is 31.9 Å². The SMILES string of the molecule is Cc1cnc(-c2c(C)cc(Br)cc2Br)o1. The van der Waals surface area contributed by atoms with Crippen molar-refractivity contribution in [3.05, 3.63) is 38.6 Å². The zero-order chi connectivity index (χ0) is 11.0. The van der Waals surface area contributed by atoms with Gasteiger partial charge in [-0.1, -0.05) is 15.9 Å². The molecule has 2 nitrogen and oxygen atoms in total. The number of aromatic nitrogens is 1. The van der Waals surface area contributed by atoms with Gasteiger partial charge in [0, 0.05) is 8.95 Å². The molecule has 1 heterocycles. The van der Waals surface area contributed by atoms with Crippen LogP contribution in [0.15, 0.2) is 31.7 Å². The van der Waals surface area contributed by atoms with Gasteiger partial charge in [-0.25, -0.2) is 4.98 Å². The number of benzene rings is 1. The molecule has 0 N–H and O–H groups in total. The maximum absolute atomic E-state index is 5.51. The van der Waals surface area contributed by atoms with E-state index >= 15 is 0 Å². The summed E-state index contributed by atoms with van der Waals surface area (Å²) in [7, 11) is 0. The number of hydrogen-bond acceptors (Lipinski definition) is 2. The van der Waals surface area contributed by atoms with Gasteiger partial charge in [0.15, 0.2) is 0 Å². The van der Waals surface area contributed by atoms with Crippen LogP contribution in [0.25, 0.3) is 11.5 Å². The predicted octanol–water partition coefficient (Wildman–Crippen LogP) is 4.48. The summed E-state index contributed by atoms with van der Waals surface area (Å²) in [6.07, 6.45) is 1.73. The van der Waals surface area contributed by atoms with Crippen molar-refractivity contribution in [3.63, 3.8) is 0 Å². The normalized spacial score (nSPS) is 10.7. The minimum absolute atomic E-state index is 0.657. The van der Waals surface area contributed by atoms with E-state index in [-0.39, 0.29) is 0 Å². The topological polar surface area (TPSA) is 26.0 Å². The van der Waals surface area contributed by atoms with Gasteiger partial charge in [0.25, 0.3) is 0 Å². The van der Waals surface area contributed by atoms with Crippen molar-refractivity contribution in [2.75, 3.05) is 0 Å². The smallest absolute Gasteiger partial charge is 0.227 e. The lowest BCUT2D eigenvalue weighted by atomic mass is 10.1. The molecule has 1 aromatic carbocycles. The second-order valence-corrected chi connectivity index (χ2v) is 5.13. The molecule has 0 bridgehead atoms. The molecule has 0 spiro atoms. The van der Waals surface area contributed by atoms with Crippen molar-refractivity contribution in [2.24, 2.45) is 0 Å². The van der Waals surface area contributed by atoms with E-state index in [9.17, 15) is 0 Å². The van der Waals surface area contributed by atoms with Gasteiger partial charge in [-0.2, -0.15) is 0 Å². The summed E-state index contributed by atoms with van der Waals surface area (Å²) in [6.45, 7) is 3.92. The molecular formula is C11H9Br2NO. The highest BCUT2D eigenvalue weighted by Crippen LogP contribution is 2.33. The van der Waals surface area contributed by atoms with Crippen molar-refractivity contribution >= 4 is 31.9 Å². The summed E-state index contributed by atoms with van der Waals surface area (Å²) in [6, 6.07) is 4.03. The van der Waals surface area contributed by atoms with Gasteiger partial charge < -0.3 is 4.42 Å². The lowest BCUT2D eigenvalue weighted by molar-refractivity contribution is 0.542. The molecule has 0 saturated carbocycles. The number of rotatable bonds is 1. The summed E-state index contributed by atoms with van der Waals surface area (Å²) in [5, 5.41) is 0. The highest BCUT2D eigenvalue weighted by molar-refractivity contribution is 9.11. The third-order valence-electron chi connectivity index (χ3n) is 2.09. The van der Waals surface area contributed by atoms with Gasteiger partial charge in [0.05, 0.1) is 11.8 Å². The van der Waals surface area contributed by atoms with E-state index in [0.717, 1.165) is 25.8 Å². The second-order valence-electron chi connectivity index (χ2n) is 3.36.